The Morgan fingerprint density at radius 2 is 2.00 bits per heavy atom. The molecular formula is C11H11NO. The molecule has 2 heteroatoms. The fourth-order valence-electron chi connectivity index (χ4n) is 2.34. The summed E-state index contributed by atoms with van der Waals surface area (Å²) in [4.78, 5) is 12.0. The number of ketones is 1. The maximum Gasteiger partial charge on any atom is 0.172 e. The molecule has 2 aliphatic rings. The molecule has 1 aromatic rings. The van der Waals surface area contributed by atoms with Crippen molar-refractivity contribution < 1.29 is 4.79 Å². The Labute approximate surface area is 77.0 Å². The second-order valence-corrected chi connectivity index (χ2v) is 4.05. The van der Waals surface area contributed by atoms with E-state index in [1.54, 1.807) is 0 Å². The smallest absolute Gasteiger partial charge is 0.172 e. The molecule has 66 valence electrons. The summed E-state index contributed by atoms with van der Waals surface area (Å²) in [5.74, 6) is 0.349. The largest absolute Gasteiger partial charge is 0.315 e. The molecule has 0 saturated carbocycles. The van der Waals surface area contributed by atoms with Gasteiger partial charge in [0.25, 0.3) is 0 Å². The van der Waals surface area contributed by atoms with Crippen molar-refractivity contribution in [3.63, 3.8) is 0 Å². The minimum Gasteiger partial charge on any atom is -0.315 e. The van der Waals surface area contributed by atoms with Gasteiger partial charge in [0.15, 0.2) is 5.78 Å². The van der Waals surface area contributed by atoms with Gasteiger partial charge in [-0.05, 0) is 12.0 Å². The monoisotopic (exact) mass is 173 g/mol. The van der Waals surface area contributed by atoms with Crippen LogP contribution in [0.2, 0.25) is 0 Å². The van der Waals surface area contributed by atoms with Gasteiger partial charge < -0.3 is 5.32 Å². The zero-order chi connectivity index (χ0) is 8.89. The number of hydrogen-bond acceptors (Lipinski definition) is 2. The zero-order valence-electron chi connectivity index (χ0n) is 7.34. The third-order valence-corrected chi connectivity index (χ3v) is 3.20. The maximum absolute atomic E-state index is 12.0. The predicted octanol–water partition coefficient (Wildman–Crippen LogP) is 1.01. The summed E-state index contributed by atoms with van der Waals surface area (Å²) in [6.07, 6.45) is 0.939. The molecule has 2 nitrogen and oxygen atoms in total. The van der Waals surface area contributed by atoms with E-state index >= 15 is 0 Å². The van der Waals surface area contributed by atoms with Gasteiger partial charge in [-0.3, -0.25) is 4.79 Å². The van der Waals surface area contributed by atoms with Crippen LogP contribution >= 0.6 is 0 Å². The van der Waals surface area contributed by atoms with Crippen LogP contribution in [0, 0.1) is 5.41 Å². The van der Waals surface area contributed by atoms with E-state index in [1.807, 2.05) is 18.2 Å². The number of hydrogen-bond donors (Lipinski definition) is 1. The van der Waals surface area contributed by atoms with Crippen molar-refractivity contribution in [2.75, 3.05) is 13.1 Å². The molecule has 1 heterocycles. The molecule has 1 spiro atoms. The fraction of sp³-hybridized carbons (Fsp3) is 0.364. The first-order valence-corrected chi connectivity index (χ1v) is 4.65. The van der Waals surface area contributed by atoms with E-state index in [-0.39, 0.29) is 5.41 Å². The van der Waals surface area contributed by atoms with E-state index < -0.39 is 0 Å². The maximum atomic E-state index is 12.0. The first-order valence-electron chi connectivity index (χ1n) is 4.65. The van der Waals surface area contributed by atoms with Crippen LogP contribution in [0.15, 0.2) is 24.3 Å². The number of nitrogens with one attached hydrogen (secondary N) is 1. The highest BCUT2D eigenvalue weighted by molar-refractivity contribution is 6.05. The van der Waals surface area contributed by atoms with Crippen molar-refractivity contribution in [1.82, 2.24) is 5.32 Å². The number of carbonyl (C=O) groups excluding carboxylic acids is 1. The molecule has 1 fully saturated rings. The van der Waals surface area contributed by atoms with Crippen molar-refractivity contribution in [3.8, 4) is 0 Å². The Balaban J connectivity index is 2.11. The van der Waals surface area contributed by atoms with Crippen molar-refractivity contribution in [2.45, 2.75) is 6.42 Å². The van der Waals surface area contributed by atoms with Gasteiger partial charge in [-0.15, -0.1) is 0 Å². The number of benzene rings is 1. The number of fused-ring (bicyclic) bond motifs is 1. The second-order valence-electron chi connectivity index (χ2n) is 4.05. The summed E-state index contributed by atoms with van der Waals surface area (Å²) in [5.41, 5.74) is 2.11. The number of Topliss-reactive ketones (excluding diaryl/α,β-unsaturated/α-hetero) is 1. The SMILES string of the molecule is O=C1c2ccccc2CC12CNC2. The van der Waals surface area contributed by atoms with Crippen molar-refractivity contribution in [1.29, 1.82) is 0 Å². The Morgan fingerprint density at radius 3 is 2.62 bits per heavy atom. The summed E-state index contributed by atoms with van der Waals surface area (Å²) in [7, 11) is 0. The third kappa shape index (κ3) is 0.787. The van der Waals surface area contributed by atoms with E-state index in [0.29, 0.717) is 5.78 Å². The average Bonchev–Trinajstić information content (AvgIpc) is 2.40. The molecule has 1 aliphatic heterocycles. The molecular weight excluding hydrogens is 162 g/mol. The van der Waals surface area contributed by atoms with Crippen LogP contribution in [0.5, 0.6) is 0 Å². The van der Waals surface area contributed by atoms with Crippen LogP contribution in [0.25, 0.3) is 0 Å². The predicted molar refractivity (Wildman–Crippen MR) is 49.8 cm³/mol. The van der Waals surface area contributed by atoms with Crippen molar-refractivity contribution in [2.24, 2.45) is 5.41 Å². The topological polar surface area (TPSA) is 29.1 Å². The lowest BCUT2D eigenvalue weighted by atomic mass is 9.78. The molecule has 13 heavy (non-hydrogen) atoms. The van der Waals surface area contributed by atoms with Gasteiger partial charge in [0.2, 0.25) is 0 Å². The lowest BCUT2D eigenvalue weighted by Gasteiger charge is -2.37. The van der Waals surface area contributed by atoms with Crippen LogP contribution in [0.1, 0.15) is 15.9 Å². The Morgan fingerprint density at radius 1 is 1.23 bits per heavy atom. The molecule has 0 aromatic heterocycles. The van der Waals surface area contributed by atoms with Crippen LogP contribution in [-0.4, -0.2) is 18.9 Å². The molecule has 0 radical (unpaired) electrons. The molecule has 0 bridgehead atoms. The lowest BCUT2D eigenvalue weighted by Crippen LogP contribution is -2.57. The van der Waals surface area contributed by atoms with Crippen molar-refractivity contribution in [3.05, 3.63) is 35.4 Å². The van der Waals surface area contributed by atoms with E-state index in [9.17, 15) is 4.79 Å². The highest BCUT2D eigenvalue weighted by Crippen LogP contribution is 2.39. The van der Waals surface area contributed by atoms with Gasteiger partial charge >= 0.3 is 0 Å². The molecule has 0 unspecified atom stereocenters. The first-order chi connectivity index (χ1) is 6.32. The summed E-state index contributed by atoms with van der Waals surface area (Å²) >= 11 is 0. The summed E-state index contributed by atoms with van der Waals surface area (Å²) in [6.45, 7) is 1.72. The van der Waals surface area contributed by atoms with E-state index in [4.69, 9.17) is 0 Å². The molecule has 1 saturated heterocycles. The third-order valence-electron chi connectivity index (χ3n) is 3.20. The normalized spacial score (nSPS) is 22.9. The highest BCUT2D eigenvalue weighted by Gasteiger charge is 2.49. The number of rotatable bonds is 0. The van der Waals surface area contributed by atoms with Gasteiger partial charge in [-0.25, -0.2) is 0 Å². The van der Waals surface area contributed by atoms with Crippen LogP contribution < -0.4 is 5.32 Å². The fourth-order valence-corrected chi connectivity index (χ4v) is 2.34. The van der Waals surface area contributed by atoms with E-state index in [0.717, 1.165) is 25.1 Å². The first kappa shape index (κ1) is 7.27. The zero-order valence-corrected chi connectivity index (χ0v) is 7.34. The molecule has 3 rings (SSSR count). The lowest BCUT2D eigenvalue weighted by molar-refractivity contribution is 0.0718. The summed E-state index contributed by atoms with van der Waals surface area (Å²) in [5, 5.41) is 3.19. The van der Waals surface area contributed by atoms with Gasteiger partial charge in [0.05, 0.1) is 5.41 Å². The standard InChI is InChI=1S/C11H11NO/c13-10-9-4-2-1-3-8(9)5-11(10)6-12-7-11/h1-4,12H,5-7H2. The molecule has 1 aromatic carbocycles. The molecule has 0 atom stereocenters. The van der Waals surface area contributed by atoms with E-state index in [2.05, 4.69) is 11.4 Å². The highest BCUT2D eigenvalue weighted by atomic mass is 16.1. The van der Waals surface area contributed by atoms with Crippen LogP contribution in [-0.2, 0) is 6.42 Å². The molecule has 0 amide bonds. The van der Waals surface area contributed by atoms with Crippen molar-refractivity contribution >= 4 is 5.78 Å². The van der Waals surface area contributed by atoms with E-state index in [1.165, 1.54) is 5.56 Å². The summed E-state index contributed by atoms with van der Waals surface area (Å²) < 4.78 is 0. The quantitative estimate of drug-likeness (QED) is 0.634. The second kappa shape index (κ2) is 2.20. The molecule has 1 aliphatic carbocycles. The van der Waals surface area contributed by atoms with Gasteiger partial charge in [0.1, 0.15) is 0 Å². The van der Waals surface area contributed by atoms with Crippen LogP contribution in [0.3, 0.4) is 0 Å². The summed E-state index contributed by atoms with van der Waals surface area (Å²) in [6, 6.07) is 7.98. The van der Waals surface area contributed by atoms with Crippen LogP contribution in [0.4, 0.5) is 0 Å². The minimum atomic E-state index is -0.0658. The Bertz CT molecular complexity index is 379. The van der Waals surface area contributed by atoms with Gasteiger partial charge in [-0.1, -0.05) is 24.3 Å². The van der Waals surface area contributed by atoms with Gasteiger partial charge in [0, 0.05) is 18.7 Å². The average molecular weight is 173 g/mol. The Kier molecular flexibility index (Phi) is 1.23. The number of carbonyl (C=O) groups is 1. The van der Waals surface area contributed by atoms with Gasteiger partial charge in [-0.2, -0.15) is 0 Å². The Hall–Kier alpha value is -1.15. The molecule has 1 N–H and O–H groups in total. The minimum absolute atomic E-state index is 0.0658.